The Labute approximate surface area is 188 Å². The molecular formula is C27H27N3O2. The molecule has 1 aliphatic heterocycles. The summed E-state index contributed by atoms with van der Waals surface area (Å²) in [4.78, 5) is 33.5. The first kappa shape index (κ1) is 20.4. The molecule has 0 bridgehead atoms. The highest BCUT2D eigenvalue weighted by Gasteiger charge is 2.55. The lowest BCUT2D eigenvalue weighted by molar-refractivity contribution is -0.126. The number of carbonyl (C=O) groups excluding carboxylic acids is 2. The molecule has 2 aliphatic rings. The SMILES string of the molecule is O=C(NCc1ccncc1)[C@@H]1c2ccccc2C(=O)N(Cc2ccccc2)C12CCCC2. The summed E-state index contributed by atoms with van der Waals surface area (Å²) in [6, 6.07) is 21.5. The van der Waals surface area contributed by atoms with Gasteiger partial charge < -0.3 is 10.2 Å². The van der Waals surface area contributed by atoms with Gasteiger partial charge in [0.25, 0.3) is 5.91 Å². The van der Waals surface area contributed by atoms with Crippen molar-refractivity contribution in [2.75, 3.05) is 0 Å². The van der Waals surface area contributed by atoms with Crippen LogP contribution in [-0.4, -0.2) is 27.2 Å². The maximum absolute atomic E-state index is 13.7. The van der Waals surface area contributed by atoms with Crippen molar-refractivity contribution in [2.45, 2.75) is 50.2 Å². The normalized spacial score (nSPS) is 19.1. The Morgan fingerprint density at radius 1 is 0.938 bits per heavy atom. The molecule has 162 valence electrons. The zero-order valence-electron chi connectivity index (χ0n) is 18.0. The molecule has 2 heterocycles. The van der Waals surface area contributed by atoms with Crippen LogP contribution in [0.15, 0.2) is 79.1 Å². The average Bonchev–Trinajstić information content (AvgIpc) is 3.32. The van der Waals surface area contributed by atoms with Crippen molar-refractivity contribution in [3.05, 3.63) is 101 Å². The molecule has 2 aromatic carbocycles. The molecule has 32 heavy (non-hydrogen) atoms. The number of rotatable bonds is 5. The van der Waals surface area contributed by atoms with Gasteiger partial charge in [-0.15, -0.1) is 0 Å². The van der Waals surface area contributed by atoms with Crippen LogP contribution >= 0.6 is 0 Å². The van der Waals surface area contributed by atoms with Crippen molar-refractivity contribution >= 4 is 11.8 Å². The largest absolute Gasteiger partial charge is 0.351 e. The van der Waals surface area contributed by atoms with Gasteiger partial charge >= 0.3 is 0 Å². The minimum atomic E-state index is -0.496. The van der Waals surface area contributed by atoms with Crippen LogP contribution in [0.2, 0.25) is 0 Å². The second kappa shape index (κ2) is 8.58. The molecule has 1 fully saturated rings. The van der Waals surface area contributed by atoms with Crippen LogP contribution in [0, 0.1) is 0 Å². The van der Waals surface area contributed by atoms with E-state index in [2.05, 4.69) is 22.4 Å². The first-order valence-electron chi connectivity index (χ1n) is 11.3. The van der Waals surface area contributed by atoms with E-state index in [1.54, 1.807) is 12.4 Å². The number of benzene rings is 2. The van der Waals surface area contributed by atoms with Gasteiger partial charge in [0.15, 0.2) is 0 Å². The molecule has 1 atom stereocenters. The highest BCUT2D eigenvalue weighted by Crippen LogP contribution is 2.50. The number of hydrogen-bond donors (Lipinski definition) is 1. The standard InChI is InChI=1S/C27H27N3O2/c31-25(29-18-20-12-16-28-17-13-20)24-22-10-4-5-11-23(22)26(32)30(27(24)14-6-7-15-27)19-21-8-2-1-3-9-21/h1-5,8-13,16-17,24H,6-7,14-15,18-19H2,(H,29,31)/t24-/m0/s1. The smallest absolute Gasteiger partial charge is 0.254 e. The van der Waals surface area contributed by atoms with E-state index in [0.717, 1.165) is 42.4 Å². The maximum Gasteiger partial charge on any atom is 0.254 e. The molecule has 1 aliphatic carbocycles. The van der Waals surface area contributed by atoms with Gasteiger partial charge in [-0.05, 0) is 47.7 Å². The predicted octanol–water partition coefficient (Wildman–Crippen LogP) is 4.45. The molecule has 1 aromatic heterocycles. The number of nitrogens with zero attached hydrogens (tertiary/aromatic N) is 2. The zero-order chi connectivity index (χ0) is 22.0. The number of amides is 2. The summed E-state index contributed by atoms with van der Waals surface area (Å²) in [5.74, 6) is -0.365. The van der Waals surface area contributed by atoms with Gasteiger partial charge in [-0.2, -0.15) is 0 Å². The molecule has 5 heteroatoms. The molecule has 2 amide bonds. The molecule has 0 radical (unpaired) electrons. The number of carbonyl (C=O) groups is 2. The van der Waals surface area contributed by atoms with Crippen molar-refractivity contribution in [1.82, 2.24) is 15.2 Å². The Balaban J connectivity index is 1.54. The van der Waals surface area contributed by atoms with Crippen LogP contribution in [0.4, 0.5) is 0 Å². The zero-order valence-corrected chi connectivity index (χ0v) is 18.0. The van der Waals surface area contributed by atoms with Gasteiger partial charge in [-0.3, -0.25) is 14.6 Å². The third kappa shape index (κ3) is 3.58. The van der Waals surface area contributed by atoms with E-state index >= 15 is 0 Å². The minimum Gasteiger partial charge on any atom is -0.351 e. The van der Waals surface area contributed by atoms with Crippen LogP contribution in [0.1, 0.15) is 58.6 Å². The summed E-state index contributed by atoms with van der Waals surface area (Å²) >= 11 is 0. The molecule has 1 saturated carbocycles. The predicted molar refractivity (Wildman–Crippen MR) is 123 cm³/mol. The van der Waals surface area contributed by atoms with Crippen LogP contribution in [-0.2, 0) is 17.9 Å². The topological polar surface area (TPSA) is 62.3 Å². The Morgan fingerprint density at radius 2 is 1.62 bits per heavy atom. The highest BCUT2D eigenvalue weighted by atomic mass is 16.2. The maximum atomic E-state index is 13.7. The number of aromatic nitrogens is 1. The second-order valence-electron chi connectivity index (χ2n) is 8.78. The van der Waals surface area contributed by atoms with E-state index < -0.39 is 5.54 Å². The summed E-state index contributed by atoms with van der Waals surface area (Å²) in [6.07, 6.45) is 7.19. The molecule has 3 aromatic rings. The number of fused-ring (bicyclic) bond motifs is 1. The summed E-state index contributed by atoms with van der Waals surface area (Å²) in [5, 5.41) is 3.16. The van der Waals surface area contributed by atoms with Crippen molar-refractivity contribution in [1.29, 1.82) is 0 Å². The fourth-order valence-electron chi connectivity index (χ4n) is 5.45. The van der Waals surface area contributed by atoms with E-state index in [1.807, 2.05) is 59.5 Å². The summed E-state index contributed by atoms with van der Waals surface area (Å²) < 4.78 is 0. The number of pyridine rings is 1. The van der Waals surface area contributed by atoms with Gasteiger partial charge in [-0.25, -0.2) is 0 Å². The fourth-order valence-corrected chi connectivity index (χ4v) is 5.45. The first-order valence-corrected chi connectivity index (χ1v) is 11.3. The molecular weight excluding hydrogens is 398 g/mol. The lowest BCUT2D eigenvalue weighted by atomic mass is 9.71. The van der Waals surface area contributed by atoms with Gasteiger partial charge in [0.1, 0.15) is 0 Å². The molecule has 0 unspecified atom stereocenters. The summed E-state index contributed by atoms with van der Waals surface area (Å²) in [7, 11) is 0. The second-order valence-corrected chi connectivity index (χ2v) is 8.78. The van der Waals surface area contributed by atoms with Gasteiger partial charge in [-0.1, -0.05) is 61.4 Å². The Morgan fingerprint density at radius 3 is 2.38 bits per heavy atom. The molecule has 5 rings (SSSR count). The van der Waals surface area contributed by atoms with Gasteiger partial charge in [0.05, 0.1) is 11.5 Å². The van der Waals surface area contributed by atoms with E-state index in [4.69, 9.17) is 0 Å². The first-order chi connectivity index (χ1) is 15.7. The van der Waals surface area contributed by atoms with Crippen molar-refractivity contribution < 1.29 is 9.59 Å². The molecule has 1 spiro atoms. The van der Waals surface area contributed by atoms with Crippen molar-refractivity contribution in [3.8, 4) is 0 Å². The van der Waals surface area contributed by atoms with E-state index in [1.165, 1.54) is 0 Å². The van der Waals surface area contributed by atoms with Crippen LogP contribution in [0.25, 0.3) is 0 Å². The van der Waals surface area contributed by atoms with Gasteiger partial charge in [0.2, 0.25) is 5.91 Å². The Hall–Kier alpha value is -3.47. The van der Waals surface area contributed by atoms with Crippen molar-refractivity contribution in [2.24, 2.45) is 0 Å². The average molecular weight is 426 g/mol. The summed E-state index contributed by atoms with van der Waals surface area (Å²) in [5.41, 5.74) is 3.10. The van der Waals surface area contributed by atoms with Crippen molar-refractivity contribution in [3.63, 3.8) is 0 Å². The molecule has 0 saturated heterocycles. The molecule has 5 nitrogen and oxygen atoms in total. The minimum absolute atomic E-state index is 0.0123. The third-order valence-electron chi connectivity index (χ3n) is 6.95. The lowest BCUT2D eigenvalue weighted by Gasteiger charge is -2.50. The fraction of sp³-hybridized carbons (Fsp3) is 0.296. The number of hydrogen-bond acceptors (Lipinski definition) is 3. The van der Waals surface area contributed by atoms with E-state index in [-0.39, 0.29) is 17.7 Å². The highest BCUT2D eigenvalue weighted by molar-refractivity contribution is 6.02. The van der Waals surface area contributed by atoms with Crippen LogP contribution < -0.4 is 5.32 Å². The Bertz CT molecular complexity index is 1110. The third-order valence-corrected chi connectivity index (χ3v) is 6.95. The van der Waals surface area contributed by atoms with Crippen LogP contribution in [0.3, 0.4) is 0 Å². The Kier molecular flexibility index (Phi) is 5.48. The lowest BCUT2D eigenvalue weighted by Crippen LogP contribution is -2.60. The monoisotopic (exact) mass is 425 g/mol. The van der Waals surface area contributed by atoms with Crippen LogP contribution in [0.5, 0.6) is 0 Å². The number of nitrogens with one attached hydrogen (secondary N) is 1. The summed E-state index contributed by atoms with van der Waals surface area (Å²) in [6.45, 7) is 0.963. The quantitative estimate of drug-likeness (QED) is 0.657. The van der Waals surface area contributed by atoms with Gasteiger partial charge in [0, 0.05) is 31.0 Å². The van der Waals surface area contributed by atoms with E-state index in [0.29, 0.717) is 18.7 Å². The molecule has 1 N–H and O–H groups in total. The van der Waals surface area contributed by atoms with E-state index in [9.17, 15) is 9.59 Å².